The fraction of sp³-hybridized carbons (Fsp3) is 0.417. The average Bonchev–Trinajstić information content (AvgIpc) is 2.95. The van der Waals surface area contributed by atoms with Crippen molar-refractivity contribution in [3.63, 3.8) is 0 Å². The third-order valence-corrected chi connectivity index (χ3v) is 3.29. The van der Waals surface area contributed by atoms with Crippen molar-refractivity contribution >= 4 is 5.97 Å². The van der Waals surface area contributed by atoms with Crippen LogP contribution >= 0.6 is 0 Å². The van der Waals surface area contributed by atoms with E-state index in [0.717, 1.165) is 0 Å². The van der Waals surface area contributed by atoms with Crippen LogP contribution in [0.3, 0.4) is 0 Å². The SMILES string of the molecule is CCC(C)(C(=O)O)n1nnnc1-c1cccnc1OC. The molecular formula is C12H15N5O3. The van der Waals surface area contributed by atoms with Crippen LogP contribution in [0, 0.1) is 0 Å². The van der Waals surface area contributed by atoms with Gasteiger partial charge in [0.2, 0.25) is 5.88 Å². The van der Waals surface area contributed by atoms with E-state index in [4.69, 9.17) is 4.74 Å². The second kappa shape index (κ2) is 5.24. The first-order valence-corrected chi connectivity index (χ1v) is 6.06. The van der Waals surface area contributed by atoms with Gasteiger partial charge in [0, 0.05) is 6.20 Å². The molecule has 20 heavy (non-hydrogen) atoms. The topological polar surface area (TPSA) is 103 Å². The summed E-state index contributed by atoms with van der Waals surface area (Å²) in [5, 5.41) is 20.8. The molecule has 0 saturated heterocycles. The predicted octanol–water partition coefficient (Wildman–Crippen LogP) is 0.954. The van der Waals surface area contributed by atoms with Gasteiger partial charge in [0.05, 0.1) is 12.7 Å². The number of carboxylic acid groups (broad SMARTS) is 1. The van der Waals surface area contributed by atoms with Crippen LogP contribution in [-0.4, -0.2) is 43.4 Å². The minimum absolute atomic E-state index is 0.307. The molecule has 0 aliphatic rings. The van der Waals surface area contributed by atoms with E-state index in [9.17, 15) is 9.90 Å². The third-order valence-electron chi connectivity index (χ3n) is 3.29. The molecule has 0 saturated carbocycles. The molecule has 0 radical (unpaired) electrons. The Morgan fingerprint density at radius 2 is 2.30 bits per heavy atom. The van der Waals surface area contributed by atoms with Gasteiger partial charge in [0.1, 0.15) is 0 Å². The van der Waals surface area contributed by atoms with Crippen LogP contribution in [-0.2, 0) is 10.3 Å². The minimum Gasteiger partial charge on any atom is -0.480 e. The first kappa shape index (κ1) is 13.9. The molecule has 0 spiro atoms. The first-order chi connectivity index (χ1) is 9.54. The van der Waals surface area contributed by atoms with Gasteiger partial charge < -0.3 is 9.84 Å². The zero-order valence-corrected chi connectivity index (χ0v) is 11.4. The van der Waals surface area contributed by atoms with Gasteiger partial charge in [0.25, 0.3) is 0 Å². The molecule has 2 aromatic rings. The summed E-state index contributed by atoms with van der Waals surface area (Å²) >= 11 is 0. The van der Waals surface area contributed by atoms with Gasteiger partial charge in [-0.25, -0.2) is 14.5 Å². The zero-order chi connectivity index (χ0) is 14.8. The summed E-state index contributed by atoms with van der Waals surface area (Å²) in [7, 11) is 1.48. The number of tetrazole rings is 1. The molecule has 0 aliphatic carbocycles. The number of hydrogen-bond acceptors (Lipinski definition) is 6. The molecule has 1 N–H and O–H groups in total. The van der Waals surface area contributed by atoms with E-state index in [1.165, 1.54) is 11.8 Å². The van der Waals surface area contributed by atoms with Crippen LogP contribution in [0.4, 0.5) is 0 Å². The Hall–Kier alpha value is -2.51. The Labute approximate surface area is 115 Å². The van der Waals surface area contributed by atoms with Gasteiger partial charge in [-0.1, -0.05) is 6.92 Å². The molecule has 0 fully saturated rings. The number of ether oxygens (including phenoxy) is 1. The summed E-state index contributed by atoms with van der Waals surface area (Å²) in [6.45, 7) is 3.33. The maximum absolute atomic E-state index is 11.5. The number of methoxy groups -OCH3 is 1. The maximum Gasteiger partial charge on any atom is 0.331 e. The quantitative estimate of drug-likeness (QED) is 0.867. The summed E-state index contributed by atoms with van der Waals surface area (Å²) in [5.74, 6) is -0.356. The van der Waals surface area contributed by atoms with Crippen LogP contribution in [0.25, 0.3) is 11.4 Å². The highest BCUT2D eigenvalue weighted by atomic mass is 16.5. The zero-order valence-electron chi connectivity index (χ0n) is 11.4. The molecule has 2 aromatic heterocycles. The molecule has 0 aromatic carbocycles. The fourth-order valence-corrected chi connectivity index (χ4v) is 1.80. The second-order valence-corrected chi connectivity index (χ2v) is 4.41. The van der Waals surface area contributed by atoms with Crippen LogP contribution in [0.15, 0.2) is 18.3 Å². The summed E-state index contributed by atoms with van der Waals surface area (Å²) in [5.41, 5.74) is -0.694. The molecule has 0 bridgehead atoms. The third kappa shape index (κ3) is 2.09. The second-order valence-electron chi connectivity index (χ2n) is 4.41. The van der Waals surface area contributed by atoms with Gasteiger partial charge >= 0.3 is 5.97 Å². The van der Waals surface area contributed by atoms with Gasteiger partial charge in [-0.3, -0.25) is 0 Å². The lowest BCUT2D eigenvalue weighted by Crippen LogP contribution is -2.39. The van der Waals surface area contributed by atoms with Crippen LogP contribution < -0.4 is 4.74 Å². The molecular weight excluding hydrogens is 262 g/mol. The van der Waals surface area contributed by atoms with Gasteiger partial charge in [-0.15, -0.1) is 5.10 Å². The lowest BCUT2D eigenvalue weighted by atomic mass is 9.99. The van der Waals surface area contributed by atoms with Crippen molar-refractivity contribution in [1.29, 1.82) is 0 Å². The number of pyridine rings is 1. The Morgan fingerprint density at radius 1 is 1.55 bits per heavy atom. The minimum atomic E-state index is -1.24. The number of aliphatic carboxylic acids is 1. The lowest BCUT2D eigenvalue weighted by Gasteiger charge is -2.24. The smallest absolute Gasteiger partial charge is 0.331 e. The Kier molecular flexibility index (Phi) is 3.64. The predicted molar refractivity (Wildman–Crippen MR) is 69.2 cm³/mol. The van der Waals surface area contributed by atoms with Crippen molar-refractivity contribution in [2.24, 2.45) is 0 Å². The number of aromatic nitrogens is 5. The van der Waals surface area contributed by atoms with Gasteiger partial charge in [-0.05, 0) is 35.9 Å². The number of nitrogens with zero attached hydrogens (tertiary/aromatic N) is 5. The number of carboxylic acids is 1. The van der Waals surface area contributed by atoms with E-state index in [2.05, 4.69) is 20.5 Å². The van der Waals surface area contributed by atoms with E-state index in [-0.39, 0.29) is 0 Å². The molecule has 2 heterocycles. The number of hydrogen-bond donors (Lipinski definition) is 1. The Morgan fingerprint density at radius 3 is 2.90 bits per heavy atom. The van der Waals surface area contributed by atoms with Crippen molar-refractivity contribution in [3.05, 3.63) is 18.3 Å². The monoisotopic (exact) mass is 277 g/mol. The van der Waals surface area contributed by atoms with Crippen molar-refractivity contribution in [2.75, 3.05) is 7.11 Å². The van der Waals surface area contributed by atoms with Crippen molar-refractivity contribution < 1.29 is 14.6 Å². The molecule has 1 unspecified atom stereocenters. The van der Waals surface area contributed by atoms with E-state index in [0.29, 0.717) is 23.7 Å². The highest BCUT2D eigenvalue weighted by molar-refractivity contribution is 5.77. The largest absolute Gasteiger partial charge is 0.480 e. The summed E-state index contributed by atoms with van der Waals surface area (Å²) in [6.07, 6.45) is 1.91. The van der Waals surface area contributed by atoms with E-state index in [1.807, 2.05) is 0 Å². The van der Waals surface area contributed by atoms with Gasteiger partial charge in [0.15, 0.2) is 11.4 Å². The molecule has 0 amide bonds. The van der Waals surface area contributed by atoms with E-state index in [1.54, 1.807) is 32.2 Å². The van der Waals surface area contributed by atoms with Crippen molar-refractivity contribution in [1.82, 2.24) is 25.2 Å². The molecule has 0 aliphatic heterocycles. The normalized spacial score (nSPS) is 13.8. The lowest BCUT2D eigenvalue weighted by molar-refractivity contribution is -0.147. The Bertz CT molecular complexity index is 627. The highest BCUT2D eigenvalue weighted by Gasteiger charge is 2.37. The van der Waals surface area contributed by atoms with Crippen LogP contribution in [0.2, 0.25) is 0 Å². The highest BCUT2D eigenvalue weighted by Crippen LogP contribution is 2.30. The first-order valence-electron chi connectivity index (χ1n) is 6.06. The van der Waals surface area contributed by atoms with Crippen molar-refractivity contribution in [2.45, 2.75) is 25.8 Å². The summed E-state index contributed by atoms with van der Waals surface area (Å²) in [6, 6.07) is 3.44. The van der Waals surface area contributed by atoms with E-state index >= 15 is 0 Å². The summed E-state index contributed by atoms with van der Waals surface area (Å²) < 4.78 is 6.45. The van der Waals surface area contributed by atoms with Gasteiger partial charge in [-0.2, -0.15) is 0 Å². The standard InChI is InChI=1S/C12H15N5O3/c1-4-12(2,11(18)19)17-9(14-15-16-17)8-6-5-7-13-10(8)20-3/h5-7H,4H2,1-3H3,(H,18,19). The fourth-order valence-electron chi connectivity index (χ4n) is 1.80. The van der Waals surface area contributed by atoms with E-state index < -0.39 is 11.5 Å². The average molecular weight is 277 g/mol. The molecule has 106 valence electrons. The Balaban J connectivity index is 2.62. The molecule has 8 nitrogen and oxygen atoms in total. The van der Waals surface area contributed by atoms with Crippen LogP contribution in [0.1, 0.15) is 20.3 Å². The molecule has 1 atom stereocenters. The van der Waals surface area contributed by atoms with Crippen molar-refractivity contribution in [3.8, 4) is 17.3 Å². The number of rotatable bonds is 5. The molecule has 8 heteroatoms. The van der Waals surface area contributed by atoms with Crippen LogP contribution in [0.5, 0.6) is 5.88 Å². The molecule has 2 rings (SSSR count). The number of carbonyl (C=O) groups is 1. The summed E-state index contributed by atoms with van der Waals surface area (Å²) in [4.78, 5) is 15.6. The maximum atomic E-state index is 11.5.